The summed E-state index contributed by atoms with van der Waals surface area (Å²) in [5, 5.41) is 1.82. The molecule has 0 spiro atoms. The predicted octanol–water partition coefficient (Wildman–Crippen LogP) is 5.48. The molecule has 116 valence electrons. The van der Waals surface area contributed by atoms with E-state index < -0.39 is 7.14 Å². The van der Waals surface area contributed by atoms with Crippen molar-refractivity contribution in [2.24, 2.45) is 0 Å². The molecule has 0 amide bonds. The molecule has 0 heterocycles. The SMILES string of the molecule is CCCCCC/C=C/P(=O)(c1ccccc1)c1ccccc1. The molecule has 1 nitrogen and oxygen atoms in total. The fourth-order valence-electron chi connectivity index (χ4n) is 2.53. The Morgan fingerprint density at radius 1 is 0.818 bits per heavy atom. The molecule has 0 aliphatic heterocycles. The molecular weight excluding hydrogens is 287 g/mol. The first kappa shape index (κ1) is 16.8. The Hall–Kier alpha value is -1.59. The first-order valence-corrected chi connectivity index (χ1v) is 9.93. The van der Waals surface area contributed by atoms with Crippen LogP contribution in [0.15, 0.2) is 72.6 Å². The van der Waals surface area contributed by atoms with Crippen molar-refractivity contribution in [3.8, 4) is 0 Å². The molecule has 0 N–H and O–H groups in total. The molecule has 0 aromatic heterocycles. The maximum atomic E-state index is 13.6. The summed E-state index contributed by atoms with van der Waals surface area (Å²) in [5.41, 5.74) is 0. The van der Waals surface area contributed by atoms with Gasteiger partial charge in [0, 0.05) is 10.6 Å². The number of benzene rings is 2. The summed E-state index contributed by atoms with van der Waals surface area (Å²) < 4.78 is 13.6. The Bertz CT molecular complexity index is 573. The molecule has 2 rings (SSSR count). The molecule has 0 saturated carbocycles. The molecule has 0 aliphatic carbocycles. The fourth-order valence-corrected chi connectivity index (χ4v) is 4.85. The largest absolute Gasteiger partial charge is 0.309 e. The first-order chi connectivity index (χ1) is 10.8. The van der Waals surface area contributed by atoms with E-state index in [1.54, 1.807) is 0 Å². The van der Waals surface area contributed by atoms with Gasteiger partial charge in [-0.2, -0.15) is 0 Å². The lowest BCUT2D eigenvalue weighted by Gasteiger charge is -2.15. The zero-order chi connectivity index (χ0) is 15.7. The van der Waals surface area contributed by atoms with Crippen molar-refractivity contribution in [1.29, 1.82) is 0 Å². The number of hydrogen-bond donors (Lipinski definition) is 0. The van der Waals surface area contributed by atoms with Crippen molar-refractivity contribution in [1.82, 2.24) is 0 Å². The third-order valence-electron chi connectivity index (χ3n) is 3.82. The van der Waals surface area contributed by atoms with Gasteiger partial charge in [-0.1, -0.05) is 92.9 Å². The molecule has 0 aliphatic rings. The van der Waals surface area contributed by atoms with Gasteiger partial charge in [0.1, 0.15) is 0 Å². The highest BCUT2D eigenvalue weighted by Crippen LogP contribution is 2.45. The second-order valence-electron chi connectivity index (χ2n) is 5.56. The van der Waals surface area contributed by atoms with Gasteiger partial charge in [-0.15, -0.1) is 0 Å². The van der Waals surface area contributed by atoms with Crippen LogP contribution < -0.4 is 10.6 Å². The van der Waals surface area contributed by atoms with E-state index in [9.17, 15) is 4.57 Å². The molecule has 0 radical (unpaired) electrons. The summed E-state index contributed by atoms with van der Waals surface area (Å²) in [4.78, 5) is 0. The van der Waals surface area contributed by atoms with Gasteiger partial charge in [0.2, 0.25) is 0 Å². The molecule has 0 unspecified atom stereocenters. The van der Waals surface area contributed by atoms with E-state index in [0.717, 1.165) is 17.0 Å². The standard InChI is InChI=1S/C20H25OP/c1-2-3-4-5-6-13-18-22(21,19-14-9-7-10-15-19)20-16-11-8-12-17-20/h7-18H,2-6H2,1H3/b18-13+. The van der Waals surface area contributed by atoms with E-state index in [2.05, 4.69) is 13.0 Å². The maximum Gasteiger partial charge on any atom is 0.163 e. The van der Waals surface area contributed by atoms with E-state index in [1.807, 2.05) is 66.5 Å². The van der Waals surface area contributed by atoms with Gasteiger partial charge in [-0.05, 0) is 18.7 Å². The van der Waals surface area contributed by atoms with Gasteiger partial charge < -0.3 is 4.57 Å². The van der Waals surface area contributed by atoms with Crippen molar-refractivity contribution < 1.29 is 4.57 Å². The second kappa shape index (κ2) is 8.76. The minimum Gasteiger partial charge on any atom is -0.309 e. The molecule has 22 heavy (non-hydrogen) atoms. The molecule has 2 aromatic rings. The average Bonchev–Trinajstić information content (AvgIpc) is 2.59. The zero-order valence-electron chi connectivity index (χ0n) is 13.3. The van der Waals surface area contributed by atoms with Crippen LogP contribution in [-0.4, -0.2) is 0 Å². The van der Waals surface area contributed by atoms with Crippen LogP contribution in [0.5, 0.6) is 0 Å². The van der Waals surface area contributed by atoms with Gasteiger partial charge in [0.25, 0.3) is 0 Å². The highest BCUT2D eigenvalue weighted by Gasteiger charge is 2.23. The molecule has 0 saturated heterocycles. The van der Waals surface area contributed by atoms with Crippen molar-refractivity contribution in [3.05, 3.63) is 72.6 Å². The normalized spacial score (nSPS) is 11.9. The molecule has 2 heteroatoms. The van der Waals surface area contributed by atoms with Crippen LogP contribution in [0.25, 0.3) is 0 Å². The number of allylic oxidation sites excluding steroid dienone is 1. The summed E-state index contributed by atoms with van der Waals surface area (Å²) in [5.74, 6) is 1.95. The lowest BCUT2D eigenvalue weighted by Crippen LogP contribution is -2.13. The van der Waals surface area contributed by atoms with Gasteiger partial charge in [0.15, 0.2) is 7.14 Å². The van der Waals surface area contributed by atoms with E-state index in [1.165, 1.54) is 25.7 Å². The van der Waals surface area contributed by atoms with Gasteiger partial charge in [0.05, 0.1) is 0 Å². The van der Waals surface area contributed by atoms with Gasteiger partial charge >= 0.3 is 0 Å². The maximum absolute atomic E-state index is 13.6. The van der Waals surface area contributed by atoms with Crippen molar-refractivity contribution in [2.45, 2.75) is 39.0 Å². The van der Waals surface area contributed by atoms with Crippen LogP contribution in [0, 0.1) is 0 Å². The summed E-state index contributed by atoms with van der Waals surface area (Å²) in [6.07, 6.45) is 8.06. The highest BCUT2D eigenvalue weighted by atomic mass is 31.2. The summed E-state index contributed by atoms with van der Waals surface area (Å²) in [7, 11) is -2.66. The minimum absolute atomic E-state index is 0.908. The first-order valence-electron chi connectivity index (χ1n) is 8.16. The Kier molecular flexibility index (Phi) is 6.68. The minimum atomic E-state index is -2.66. The molecular formula is C20H25OP. The third kappa shape index (κ3) is 4.45. The van der Waals surface area contributed by atoms with Crippen molar-refractivity contribution in [2.75, 3.05) is 0 Å². The van der Waals surface area contributed by atoms with E-state index >= 15 is 0 Å². The number of hydrogen-bond acceptors (Lipinski definition) is 1. The molecule has 0 fully saturated rings. The smallest absolute Gasteiger partial charge is 0.163 e. The van der Waals surface area contributed by atoms with Crippen LogP contribution >= 0.6 is 7.14 Å². The molecule has 2 aromatic carbocycles. The lowest BCUT2D eigenvalue weighted by atomic mass is 10.2. The Morgan fingerprint density at radius 3 is 1.86 bits per heavy atom. The Labute approximate surface area is 134 Å². The molecule has 0 bridgehead atoms. The van der Waals surface area contributed by atoms with Crippen LogP contribution in [0.4, 0.5) is 0 Å². The van der Waals surface area contributed by atoms with Crippen molar-refractivity contribution in [3.63, 3.8) is 0 Å². The van der Waals surface area contributed by atoms with Crippen LogP contribution in [0.2, 0.25) is 0 Å². The second-order valence-corrected chi connectivity index (χ2v) is 8.21. The molecule has 0 atom stereocenters. The third-order valence-corrected chi connectivity index (χ3v) is 6.58. The lowest BCUT2D eigenvalue weighted by molar-refractivity contribution is 0.592. The van der Waals surface area contributed by atoms with Gasteiger partial charge in [-0.25, -0.2) is 0 Å². The number of rotatable bonds is 8. The van der Waals surface area contributed by atoms with Crippen LogP contribution in [-0.2, 0) is 4.57 Å². The summed E-state index contributed by atoms with van der Waals surface area (Å²) in [6.45, 7) is 2.22. The van der Waals surface area contributed by atoms with E-state index in [4.69, 9.17) is 0 Å². The monoisotopic (exact) mass is 312 g/mol. The van der Waals surface area contributed by atoms with E-state index in [0.29, 0.717) is 0 Å². The quantitative estimate of drug-likeness (QED) is 0.465. The van der Waals surface area contributed by atoms with Crippen LogP contribution in [0.3, 0.4) is 0 Å². The summed E-state index contributed by atoms with van der Waals surface area (Å²) >= 11 is 0. The highest BCUT2D eigenvalue weighted by molar-refractivity contribution is 7.81. The number of unbranched alkanes of at least 4 members (excludes halogenated alkanes) is 4. The fraction of sp³-hybridized carbons (Fsp3) is 0.300. The Morgan fingerprint density at radius 2 is 1.36 bits per heavy atom. The zero-order valence-corrected chi connectivity index (χ0v) is 14.2. The average molecular weight is 312 g/mol. The predicted molar refractivity (Wildman–Crippen MR) is 97.7 cm³/mol. The van der Waals surface area contributed by atoms with Crippen molar-refractivity contribution >= 4 is 17.8 Å². The Balaban J connectivity index is 2.20. The van der Waals surface area contributed by atoms with Crippen LogP contribution in [0.1, 0.15) is 39.0 Å². The van der Waals surface area contributed by atoms with E-state index in [-0.39, 0.29) is 0 Å². The topological polar surface area (TPSA) is 17.1 Å². The van der Waals surface area contributed by atoms with Gasteiger partial charge in [-0.3, -0.25) is 0 Å². The summed E-state index contributed by atoms with van der Waals surface area (Å²) in [6, 6.07) is 19.6.